The molecule has 0 bridgehead atoms. The highest BCUT2D eigenvalue weighted by molar-refractivity contribution is 6.01. The summed E-state index contributed by atoms with van der Waals surface area (Å²) in [7, 11) is 3.15. The van der Waals surface area contributed by atoms with Crippen molar-refractivity contribution in [2.45, 2.75) is 25.3 Å². The van der Waals surface area contributed by atoms with E-state index in [1.165, 1.54) is 0 Å². The van der Waals surface area contributed by atoms with E-state index < -0.39 is 6.04 Å². The molecule has 7 heteroatoms. The molecule has 2 saturated heterocycles. The molecule has 136 valence electrons. The highest BCUT2D eigenvalue weighted by Crippen LogP contribution is 2.31. The molecule has 2 amide bonds. The fourth-order valence-electron chi connectivity index (χ4n) is 3.39. The van der Waals surface area contributed by atoms with Gasteiger partial charge in [0, 0.05) is 30.7 Å². The summed E-state index contributed by atoms with van der Waals surface area (Å²) in [6.07, 6.45) is 2.25. The number of benzene rings is 1. The summed E-state index contributed by atoms with van der Waals surface area (Å²) in [5.74, 6) is 1.16. The van der Waals surface area contributed by atoms with Crippen LogP contribution in [-0.4, -0.2) is 51.7 Å². The first kappa shape index (κ1) is 17.5. The predicted molar refractivity (Wildman–Crippen MR) is 94.0 cm³/mol. The third-order valence-electron chi connectivity index (χ3n) is 4.88. The highest BCUT2D eigenvalue weighted by Gasteiger charge is 2.35. The smallest absolute Gasteiger partial charge is 0.249 e. The second-order valence-corrected chi connectivity index (χ2v) is 6.43. The van der Waals surface area contributed by atoms with Crippen LogP contribution in [-0.2, 0) is 9.59 Å². The quantitative estimate of drug-likeness (QED) is 0.828. The minimum atomic E-state index is -0.459. The van der Waals surface area contributed by atoms with E-state index in [0.717, 1.165) is 31.6 Å². The monoisotopic (exact) mass is 347 g/mol. The largest absolute Gasteiger partial charge is 0.497 e. The van der Waals surface area contributed by atoms with Gasteiger partial charge in [-0.25, -0.2) is 0 Å². The minimum absolute atomic E-state index is 0.0000124. The van der Waals surface area contributed by atoms with E-state index in [1.807, 2.05) is 0 Å². The first-order valence-corrected chi connectivity index (χ1v) is 8.68. The lowest BCUT2D eigenvalue weighted by molar-refractivity contribution is -0.129. The number of methoxy groups -OCH3 is 2. The maximum absolute atomic E-state index is 12.7. The SMILES string of the molecule is COc1cc(OC)cc(N2CCC(NC(=O)C3CCNCC3)C2=O)c1. The first-order valence-electron chi connectivity index (χ1n) is 8.68. The van der Waals surface area contributed by atoms with Crippen LogP contribution >= 0.6 is 0 Å². The summed E-state index contributed by atoms with van der Waals surface area (Å²) >= 11 is 0. The molecule has 0 spiro atoms. The van der Waals surface area contributed by atoms with Gasteiger partial charge in [-0.05, 0) is 32.4 Å². The fourth-order valence-corrected chi connectivity index (χ4v) is 3.39. The fraction of sp³-hybridized carbons (Fsp3) is 0.556. The van der Waals surface area contributed by atoms with E-state index in [-0.39, 0.29) is 17.7 Å². The lowest BCUT2D eigenvalue weighted by Gasteiger charge is -2.23. The van der Waals surface area contributed by atoms with Gasteiger partial charge in [0.15, 0.2) is 0 Å². The van der Waals surface area contributed by atoms with E-state index in [9.17, 15) is 9.59 Å². The molecule has 0 radical (unpaired) electrons. The Balaban J connectivity index is 1.68. The molecule has 0 saturated carbocycles. The molecule has 1 atom stereocenters. The summed E-state index contributed by atoms with van der Waals surface area (Å²) in [6.45, 7) is 2.27. The van der Waals surface area contributed by atoms with Crippen molar-refractivity contribution in [1.82, 2.24) is 10.6 Å². The van der Waals surface area contributed by atoms with Crippen molar-refractivity contribution in [2.75, 3.05) is 38.8 Å². The Bertz CT molecular complexity index is 621. The van der Waals surface area contributed by atoms with Gasteiger partial charge in [-0.15, -0.1) is 0 Å². The van der Waals surface area contributed by atoms with Crippen molar-refractivity contribution < 1.29 is 19.1 Å². The highest BCUT2D eigenvalue weighted by atomic mass is 16.5. The zero-order valence-electron chi connectivity index (χ0n) is 14.7. The molecule has 2 aliphatic heterocycles. The lowest BCUT2D eigenvalue weighted by Crippen LogP contribution is -2.46. The summed E-state index contributed by atoms with van der Waals surface area (Å²) in [5, 5.41) is 6.18. The van der Waals surface area contributed by atoms with Crippen molar-refractivity contribution in [3.63, 3.8) is 0 Å². The standard InChI is InChI=1S/C18H25N3O4/c1-24-14-9-13(10-15(11-14)25-2)21-8-5-16(18(21)23)20-17(22)12-3-6-19-7-4-12/h9-12,16,19H,3-8H2,1-2H3,(H,20,22). The Morgan fingerprint density at radius 1 is 1.12 bits per heavy atom. The Labute approximate surface area is 147 Å². The summed E-state index contributed by atoms with van der Waals surface area (Å²) in [6, 6.07) is 4.91. The Morgan fingerprint density at radius 3 is 2.36 bits per heavy atom. The molecule has 1 unspecified atom stereocenters. The number of ether oxygens (including phenoxy) is 2. The molecule has 2 heterocycles. The molecule has 0 aromatic heterocycles. The van der Waals surface area contributed by atoms with Gasteiger partial charge in [0.25, 0.3) is 0 Å². The number of piperidine rings is 1. The van der Waals surface area contributed by atoms with Crippen LogP contribution < -0.4 is 25.0 Å². The number of hydrogen-bond acceptors (Lipinski definition) is 5. The molecule has 25 heavy (non-hydrogen) atoms. The van der Waals surface area contributed by atoms with Gasteiger partial charge in [-0.2, -0.15) is 0 Å². The average molecular weight is 347 g/mol. The van der Waals surface area contributed by atoms with Crippen molar-refractivity contribution in [3.05, 3.63) is 18.2 Å². The maximum Gasteiger partial charge on any atom is 0.249 e. The zero-order chi connectivity index (χ0) is 17.8. The molecule has 2 N–H and O–H groups in total. The zero-order valence-corrected chi connectivity index (χ0v) is 14.7. The number of nitrogens with zero attached hydrogens (tertiary/aromatic N) is 1. The third kappa shape index (κ3) is 3.87. The second-order valence-electron chi connectivity index (χ2n) is 6.43. The molecule has 2 fully saturated rings. The van der Waals surface area contributed by atoms with E-state index in [2.05, 4.69) is 10.6 Å². The van der Waals surface area contributed by atoms with E-state index >= 15 is 0 Å². The van der Waals surface area contributed by atoms with Gasteiger partial charge in [0.1, 0.15) is 17.5 Å². The Kier molecular flexibility index (Phi) is 5.43. The van der Waals surface area contributed by atoms with Crippen molar-refractivity contribution >= 4 is 17.5 Å². The van der Waals surface area contributed by atoms with Crippen molar-refractivity contribution in [3.8, 4) is 11.5 Å². The number of hydrogen-bond donors (Lipinski definition) is 2. The van der Waals surface area contributed by atoms with Crippen LogP contribution in [0.1, 0.15) is 19.3 Å². The number of carbonyl (C=O) groups excluding carboxylic acids is 2. The van der Waals surface area contributed by atoms with Crippen LogP contribution in [0.2, 0.25) is 0 Å². The minimum Gasteiger partial charge on any atom is -0.497 e. The van der Waals surface area contributed by atoms with E-state index in [1.54, 1.807) is 37.3 Å². The Hall–Kier alpha value is -2.28. The molecular weight excluding hydrogens is 322 g/mol. The normalized spacial score (nSPS) is 21.3. The topological polar surface area (TPSA) is 79.9 Å². The van der Waals surface area contributed by atoms with Crippen LogP contribution in [0, 0.1) is 5.92 Å². The average Bonchev–Trinajstić information content (AvgIpc) is 3.02. The third-order valence-corrected chi connectivity index (χ3v) is 4.88. The number of rotatable bonds is 5. The van der Waals surface area contributed by atoms with Gasteiger partial charge >= 0.3 is 0 Å². The maximum atomic E-state index is 12.7. The van der Waals surface area contributed by atoms with Crippen LogP contribution in [0.15, 0.2) is 18.2 Å². The number of anilines is 1. The van der Waals surface area contributed by atoms with E-state index in [4.69, 9.17) is 9.47 Å². The van der Waals surface area contributed by atoms with Crippen molar-refractivity contribution in [2.24, 2.45) is 5.92 Å². The van der Waals surface area contributed by atoms with Gasteiger partial charge in [-0.3, -0.25) is 9.59 Å². The molecule has 1 aromatic rings. The lowest BCUT2D eigenvalue weighted by atomic mass is 9.97. The summed E-state index contributed by atoms with van der Waals surface area (Å²) < 4.78 is 10.5. The predicted octanol–water partition coefficient (Wildman–Crippen LogP) is 0.925. The number of carbonyl (C=O) groups is 2. The molecule has 7 nitrogen and oxygen atoms in total. The Morgan fingerprint density at radius 2 is 1.76 bits per heavy atom. The van der Waals surface area contributed by atoms with Gasteiger partial charge in [0.05, 0.1) is 19.9 Å². The van der Waals surface area contributed by atoms with Crippen LogP contribution in [0.5, 0.6) is 11.5 Å². The van der Waals surface area contributed by atoms with E-state index in [0.29, 0.717) is 24.5 Å². The molecule has 1 aromatic carbocycles. The molecule has 0 aliphatic carbocycles. The molecule has 2 aliphatic rings. The van der Waals surface area contributed by atoms with Gasteiger partial charge < -0.3 is 25.0 Å². The first-order chi connectivity index (χ1) is 12.1. The molecular formula is C18H25N3O4. The second kappa shape index (κ2) is 7.74. The molecule has 3 rings (SSSR count). The van der Waals surface area contributed by atoms with Crippen LogP contribution in [0.25, 0.3) is 0 Å². The summed E-state index contributed by atoms with van der Waals surface area (Å²) in [5.41, 5.74) is 0.722. The van der Waals surface area contributed by atoms with Gasteiger partial charge in [0.2, 0.25) is 11.8 Å². The van der Waals surface area contributed by atoms with Crippen molar-refractivity contribution in [1.29, 1.82) is 0 Å². The number of nitrogens with one attached hydrogen (secondary N) is 2. The van der Waals surface area contributed by atoms with Gasteiger partial charge in [-0.1, -0.05) is 0 Å². The van der Waals surface area contributed by atoms with Crippen LogP contribution in [0.3, 0.4) is 0 Å². The van der Waals surface area contributed by atoms with Crippen LogP contribution in [0.4, 0.5) is 5.69 Å². The summed E-state index contributed by atoms with van der Waals surface area (Å²) in [4.78, 5) is 26.8. The number of amides is 2.